The number of hydrogen-bond acceptors (Lipinski definition) is 4. The minimum Gasteiger partial charge on any atom is -0.495 e. The van der Waals surface area contributed by atoms with Crippen molar-refractivity contribution in [2.45, 2.75) is 46.6 Å². The standard InChI is InChI=1S/C24H30N4O2/c1-6-9-23-21(15-25-28(23)22-11-8-7-10-16(22)2)26-17(3)19-12-13-24(30-5)20(14-19)27-18(4)29/h7-8,10-15,17,26H,6,9H2,1-5H3,(H,27,29)/t17-/m0/s1. The minimum absolute atomic E-state index is 0.0218. The average molecular weight is 407 g/mol. The number of rotatable bonds is 8. The van der Waals surface area contributed by atoms with Gasteiger partial charge in [-0.15, -0.1) is 0 Å². The first-order valence-corrected chi connectivity index (χ1v) is 10.3. The molecule has 1 aromatic heterocycles. The second-order valence-electron chi connectivity index (χ2n) is 7.46. The summed E-state index contributed by atoms with van der Waals surface area (Å²) in [7, 11) is 1.60. The molecule has 1 amide bonds. The number of anilines is 2. The molecule has 6 heteroatoms. The van der Waals surface area contributed by atoms with Gasteiger partial charge in [0.05, 0.1) is 36.1 Å². The molecular weight excluding hydrogens is 376 g/mol. The van der Waals surface area contributed by atoms with Crippen LogP contribution in [0.25, 0.3) is 5.69 Å². The highest BCUT2D eigenvalue weighted by Crippen LogP contribution is 2.31. The van der Waals surface area contributed by atoms with Crippen LogP contribution in [0.5, 0.6) is 5.75 Å². The average Bonchev–Trinajstić information content (AvgIpc) is 3.10. The van der Waals surface area contributed by atoms with Gasteiger partial charge in [0.15, 0.2) is 0 Å². The molecule has 0 saturated carbocycles. The number of ether oxygens (including phenoxy) is 1. The van der Waals surface area contributed by atoms with Crippen LogP contribution in [0.1, 0.15) is 50.1 Å². The van der Waals surface area contributed by atoms with Crippen LogP contribution >= 0.6 is 0 Å². The Morgan fingerprint density at radius 3 is 2.63 bits per heavy atom. The third-order valence-electron chi connectivity index (χ3n) is 5.11. The molecule has 3 rings (SSSR count). The van der Waals surface area contributed by atoms with Gasteiger partial charge in [-0.05, 0) is 49.6 Å². The molecule has 1 heterocycles. The van der Waals surface area contributed by atoms with Crippen molar-refractivity contribution in [3.05, 3.63) is 65.5 Å². The van der Waals surface area contributed by atoms with Crippen molar-refractivity contribution in [1.29, 1.82) is 0 Å². The first-order chi connectivity index (χ1) is 14.4. The fourth-order valence-electron chi connectivity index (χ4n) is 3.58. The second kappa shape index (κ2) is 9.48. The summed E-state index contributed by atoms with van der Waals surface area (Å²) >= 11 is 0. The lowest BCUT2D eigenvalue weighted by molar-refractivity contribution is -0.114. The number of aryl methyl sites for hydroxylation is 1. The number of hydrogen-bond donors (Lipinski definition) is 2. The van der Waals surface area contributed by atoms with Gasteiger partial charge in [-0.3, -0.25) is 4.79 Å². The summed E-state index contributed by atoms with van der Waals surface area (Å²) in [5.41, 5.74) is 6.18. The Labute approximate surface area is 178 Å². The molecule has 1 atom stereocenters. The Bertz CT molecular complexity index is 1030. The number of nitrogens with zero attached hydrogens (tertiary/aromatic N) is 2. The highest BCUT2D eigenvalue weighted by Gasteiger charge is 2.16. The van der Waals surface area contributed by atoms with Crippen molar-refractivity contribution in [2.24, 2.45) is 0 Å². The maximum absolute atomic E-state index is 11.5. The van der Waals surface area contributed by atoms with Gasteiger partial charge in [0.25, 0.3) is 0 Å². The zero-order valence-electron chi connectivity index (χ0n) is 18.3. The molecule has 3 aromatic rings. The maximum Gasteiger partial charge on any atom is 0.221 e. The van der Waals surface area contributed by atoms with E-state index in [1.165, 1.54) is 12.5 Å². The van der Waals surface area contributed by atoms with Gasteiger partial charge in [-0.1, -0.05) is 37.6 Å². The number of para-hydroxylation sites is 1. The quantitative estimate of drug-likeness (QED) is 0.534. The fourth-order valence-corrected chi connectivity index (χ4v) is 3.58. The normalized spacial score (nSPS) is 11.8. The molecule has 6 nitrogen and oxygen atoms in total. The first-order valence-electron chi connectivity index (χ1n) is 10.3. The smallest absolute Gasteiger partial charge is 0.221 e. The van der Waals surface area contributed by atoms with Gasteiger partial charge in [0.1, 0.15) is 5.75 Å². The van der Waals surface area contributed by atoms with Gasteiger partial charge in [-0.25, -0.2) is 4.68 Å². The molecule has 2 N–H and O–H groups in total. The maximum atomic E-state index is 11.5. The third-order valence-corrected chi connectivity index (χ3v) is 5.11. The van der Waals surface area contributed by atoms with Crippen LogP contribution in [0.2, 0.25) is 0 Å². The first kappa shape index (κ1) is 21.4. The Kier molecular flexibility index (Phi) is 6.77. The molecule has 0 spiro atoms. The molecule has 0 radical (unpaired) electrons. The van der Waals surface area contributed by atoms with Crippen molar-refractivity contribution < 1.29 is 9.53 Å². The number of aromatic nitrogens is 2. The van der Waals surface area contributed by atoms with Crippen LogP contribution in [0.3, 0.4) is 0 Å². The van der Waals surface area contributed by atoms with E-state index < -0.39 is 0 Å². The largest absolute Gasteiger partial charge is 0.495 e. The van der Waals surface area contributed by atoms with E-state index in [1.807, 2.05) is 41.2 Å². The molecule has 0 saturated heterocycles. The van der Waals surface area contributed by atoms with Crippen LogP contribution in [0.15, 0.2) is 48.7 Å². The number of carbonyl (C=O) groups excluding carboxylic acids is 1. The lowest BCUT2D eigenvalue weighted by Gasteiger charge is -2.19. The summed E-state index contributed by atoms with van der Waals surface area (Å²) in [6, 6.07) is 14.1. The molecular formula is C24H30N4O2. The van der Waals surface area contributed by atoms with Crippen LogP contribution in [0.4, 0.5) is 11.4 Å². The van der Waals surface area contributed by atoms with E-state index in [9.17, 15) is 4.79 Å². The van der Waals surface area contributed by atoms with E-state index in [1.54, 1.807) is 7.11 Å². The van der Waals surface area contributed by atoms with Crippen molar-refractivity contribution in [2.75, 3.05) is 17.7 Å². The summed E-state index contributed by atoms with van der Waals surface area (Å²) in [5.74, 6) is 0.510. The summed E-state index contributed by atoms with van der Waals surface area (Å²) in [5, 5.41) is 11.1. The predicted molar refractivity (Wildman–Crippen MR) is 122 cm³/mol. The monoisotopic (exact) mass is 406 g/mol. The SMILES string of the molecule is CCCc1c(N[C@@H](C)c2ccc(OC)c(NC(C)=O)c2)cnn1-c1ccccc1C. The van der Waals surface area contributed by atoms with Gasteiger partial charge < -0.3 is 15.4 Å². The highest BCUT2D eigenvalue weighted by atomic mass is 16.5. The predicted octanol–water partition coefficient (Wildman–Crippen LogP) is 5.27. The lowest BCUT2D eigenvalue weighted by Crippen LogP contribution is -2.12. The van der Waals surface area contributed by atoms with Gasteiger partial charge in [0, 0.05) is 13.0 Å². The number of methoxy groups -OCH3 is 1. The minimum atomic E-state index is -0.129. The van der Waals surface area contributed by atoms with E-state index >= 15 is 0 Å². The zero-order chi connectivity index (χ0) is 21.7. The molecule has 0 unspecified atom stereocenters. The van der Waals surface area contributed by atoms with E-state index in [-0.39, 0.29) is 11.9 Å². The van der Waals surface area contributed by atoms with Crippen molar-refractivity contribution in [1.82, 2.24) is 9.78 Å². The Hall–Kier alpha value is -3.28. The van der Waals surface area contributed by atoms with Crippen molar-refractivity contribution in [3.8, 4) is 11.4 Å². The third kappa shape index (κ3) is 4.64. The molecule has 0 fully saturated rings. The van der Waals surface area contributed by atoms with E-state index in [4.69, 9.17) is 4.74 Å². The van der Waals surface area contributed by atoms with Crippen molar-refractivity contribution >= 4 is 17.3 Å². The Morgan fingerprint density at radius 1 is 1.20 bits per heavy atom. The number of amides is 1. The molecule has 2 aromatic carbocycles. The zero-order valence-corrected chi connectivity index (χ0v) is 18.3. The van der Waals surface area contributed by atoms with Crippen molar-refractivity contribution in [3.63, 3.8) is 0 Å². The molecule has 158 valence electrons. The molecule has 0 bridgehead atoms. The molecule has 0 aliphatic heterocycles. The van der Waals surface area contributed by atoms with E-state index in [0.717, 1.165) is 35.5 Å². The number of nitrogens with one attached hydrogen (secondary N) is 2. The number of carbonyl (C=O) groups is 1. The highest BCUT2D eigenvalue weighted by molar-refractivity contribution is 5.90. The lowest BCUT2D eigenvalue weighted by atomic mass is 10.1. The second-order valence-corrected chi connectivity index (χ2v) is 7.46. The summed E-state index contributed by atoms with van der Waals surface area (Å²) in [4.78, 5) is 11.5. The van der Waals surface area contributed by atoms with Crippen LogP contribution < -0.4 is 15.4 Å². The van der Waals surface area contributed by atoms with Gasteiger partial charge >= 0.3 is 0 Å². The van der Waals surface area contributed by atoms with E-state index in [2.05, 4.69) is 48.6 Å². The van der Waals surface area contributed by atoms with Crippen LogP contribution in [0, 0.1) is 6.92 Å². The number of benzene rings is 2. The topological polar surface area (TPSA) is 68.2 Å². The van der Waals surface area contributed by atoms with Gasteiger partial charge in [0.2, 0.25) is 5.91 Å². The molecule has 0 aliphatic carbocycles. The summed E-state index contributed by atoms with van der Waals surface area (Å²) < 4.78 is 7.40. The van der Waals surface area contributed by atoms with Gasteiger partial charge in [-0.2, -0.15) is 5.10 Å². The summed E-state index contributed by atoms with van der Waals surface area (Å²) in [6.07, 6.45) is 3.84. The summed E-state index contributed by atoms with van der Waals surface area (Å²) in [6.45, 7) is 7.86. The Balaban J connectivity index is 1.91. The van der Waals surface area contributed by atoms with Crippen LogP contribution in [-0.2, 0) is 11.2 Å². The molecule has 30 heavy (non-hydrogen) atoms. The Morgan fingerprint density at radius 2 is 1.97 bits per heavy atom. The van der Waals surface area contributed by atoms with Crippen LogP contribution in [-0.4, -0.2) is 22.8 Å². The van der Waals surface area contributed by atoms with E-state index in [0.29, 0.717) is 11.4 Å². The molecule has 0 aliphatic rings. The fraction of sp³-hybridized carbons (Fsp3) is 0.333.